The lowest BCUT2D eigenvalue weighted by Gasteiger charge is -2.30. The van der Waals surface area contributed by atoms with Crippen LogP contribution in [0.15, 0.2) is 18.3 Å². The van der Waals surface area contributed by atoms with E-state index in [9.17, 15) is 13.2 Å². The van der Waals surface area contributed by atoms with Crippen LogP contribution in [0.4, 0.5) is 5.69 Å². The fourth-order valence-electron chi connectivity index (χ4n) is 3.02. The second kappa shape index (κ2) is 7.70. The number of nitrogens with one attached hydrogen (secondary N) is 1. The van der Waals surface area contributed by atoms with Gasteiger partial charge in [-0.1, -0.05) is 6.42 Å². The minimum Gasteiger partial charge on any atom is -0.474 e. The van der Waals surface area contributed by atoms with Crippen molar-refractivity contribution in [2.45, 2.75) is 45.1 Å². The van der Waals surface area contributed by atoms with Crippen molar-refractivity contribution in [3.63, 3.8) is 0 Å². The lowest BCUT2D eigenvalue weighted by atomic mass is 9.85. The number of nitrogens with zero attached hydrogens (tertiary/aromatic N) is 2. The van der Waals surface area contributed by atoms with Crippen molar-refractivity contribution in [3.8, 4) is 5.88 Å². The summed E-state index contributed by atoms with van der Waals surface area (Å²) in [6.07, 6.45) is 5.93. The molecule has 0 radical (unpaired) electrons. The van der Waals surface area contributed by atoms with Gasteiger partial charge in [0.25, 0.3) is 0 Å². The van der Waals surface area contributed by atoms with Crippen molar-refractivity contribution in [2.24, 2.45) is 5.92 Å². The maximum absolute atomic E-state index is 11.9. The van der Waals surface area contributed by atoms with Crippen molar-refractivity contribution in [1.29, 1.82) is 0 Å². The molecule has 1 amide bonds. The van der Waals surface area contributed by atoms with Crippen LogP contribution in [0.3, 0.4) is 0 Å². The highest BCUT2D eigenvalue weighted by molar-refractivity contribution is 7.89. The molecular formula is C17H25N3O4S. The number of ether oxygens (including phenoxy) is 1. The monoisotopic (exact) mass is 367 g/mol. The number of rotatable bonds is 6. The molecule has 1 N–H and O–H groups in total. The van der Waals surface area contributed by atoms with Gasteiger partial charge < -0.3 is 10.1 Å². The molecule has 138 valence electrons. The quantitative estimate of drug-likeness (QED) is 0.831. The van der Waals surface area contributed by atoms with E-state index in [1.165, 1.54) is 4.31 Å². The third-order valence-electron chi connectivity index (χ3n) is 4.93. The third kappa shape index (κ3) is 4.49. The largest absolute Gasteiger partial charge is 0.474 e. The normalized spacial score (nSPS) is 20.0. The van der Waals surface area contributed by atoms with Gasteiger partial charge in [0.1, 0.15) is 6.10 Å². The van der Waals surface area contributed by atoms with Gasteiger partial charge >= 0.3 is 0 Å². The molecule has 1 aliphatic heterocycles. The maximum Gasteiger partial charge on any atom is 0.227 e. The Morgan fingerprint density at radius 1 is 1.28 bits per heavy atom. The summed E-state index contributed by atoms with van der Waals surface area (Å²) >= 11 is 0. The van der Waals surface area contributed by atoms with Gasteiger partial charge in [-0.25, -0.2) is 17.7 Å². The first-order valence-electron chi connectivity index (χ1n) is 8.89. The number of sulfonamides is 1. The summed E-state index contributed by atoms with van der Waals surface area (Å²) in [5.41, 5.74) is 0.674. The molecule has 3 rings (SSSR count). The third-order valence-corrected chi connectivity index (χ3v) is 6.81. The Morgan fingerprint density at radius 3 is 2.52 bits per heavy atom. The zero-order valence-electron chi connectivity index (χ0n) is 14.5. The van der Waals surface area contributed by atoms with Crippen LogP contribution in [0.5, 0.6) is 5.88 Å². The molecule has 25 heavy (non-hydrogen) atoms. The summed E-state index contributed by atoms with van der Waals surface area (Å²) in [7, 11) is -3.12. The van der Waals surface area contributed by atoms with Gasteiger partial charge in [-0.3, -0.25) is 4.79 Å². The van der Waals surface area contributed by atoms with E-state index < -0.39 is 10.0 Å². The van der Waals surface area contributed by atoms with Crippen molar-refractivity contribution in [1.82, 2.24) is 9.29 Å². The molecule has 0 bridgehead atoms. The number of hydrogen-bond acceptors (Lipinski definition) is 5. The molecule has 1 aromatic heterocycles. The summed E-state index contributed by atoms with van der Waals surface area (Å²) in [6.45, 7) is 2.62. The van der Waals surface area contributed by atoms with Crippen LogP contribution in [-0.4, -0.2) is 48.6 Å². The van der Waals surface area contributed by atoms with Crippen LogP contribution in [0.2, 0.25) is 0 Å². The Hall–Kier alpha value is -1.67. The Bertz CT molecular complexity index is 693. The van der Waals surface area contributed by atoms with E-state index in [-0.39, 0.29) is 23.7 Å². The predicted molar refractivity (Wildman–Crippen MR) is 94.9 cm³/mol. The SMILES string of the molecule is CCS(=O)(=O)N1CCC(Oc2ccc(NC(=O)C3CCC3)cn2)CC1. The Kier molecular flexibility index (Phi) is 5.58. The first kappa shape index (κ1) is 18.1. The van der Waals surface area contributed by atoms with Crippen LogP contribution < -0.4 is 10.1 Å². The van der Waals surface area contributed by atoms with Gasteiger partial charge in [0, 0.05) is 25.1 Å². The highest BCUT2D eigenvalue weighted by Gasteiger charge is 2.28. The predicted octanol–water partition coefficient (Wildman–Crippen LogP) is 2.01. The lowest BCUT2D eigenvalue weighted by Crippen LogP contribution is -2.42. The first-order chi connectivity index (χ1) is 12.0. The molecule has 1 saturated heterocycles. The van der Waals surface area contributed by atoms with Gasteiger partial charge in [-0.15, -0.1) is 0 Å². The molecule has 2 fully saturated rings. The minimum atomic E-state index is -3.12. The van der Waals surface area contributed by atoms with E-state index in [4.69, 9.17) is 4.74 Å². The number of hydrogen-bond donors (Lipinski definition) is 1. The Morgan fingerprint density at radius 2 is 2.00 bits per heavy atom. The fraction of sp³-hybridized carbons (Fsp3) is 0.647. The number of piperidine rings is 1. The summed E-state index contributed by atoms with van der Waals surface area (Å²) in [5, 5.41) is 2.87. The highest BCUT2D eigenvalue weighted by Crippen LogP contribution is 2.27. The smallest absolute Gasteiger partial charge is 0.227 e. The maximum atomic E-state index is 11.9. The number of aromatic nitrogens is 1. The van der Waals surface area contributed by atoms with E-state index in [2.05, 4.69) is 10.3 Å². The van der Waals surface area contributed by atoms with E-state index >= 15 is 0 Å². The summed E-state index contributed by atoms with van der Waals surface area (Å²) in [4.78, 5) is 16.2. The van der Waals surface area contributed by atoms with Gasteiger partial charge in [-0.05, 0) is 38.7 Å². The number of carbonyl (C=O) groups is 1. The van der Waals surface area contributed by atoms with Crippen molar-refractivity contribution >= 4 is 21.6 Å². The number of anilines is 1. The van der Waals surface area contributed by atoms with Crippen LogP contribution in [0.1, 0.15) is 39.0 Å². The zero-order chi connectivity index (χ0) is 17.9. The average molecular weight is 367 g/mol. The molecule has 1 aromatic rings. The van der Waals surface area contributed by atoms with E-state index in [1.807, 2.05) is 0 Å². The number of pyridine rings is 1. The van der Waals surface area contributed by atoms with Crippen molar-refractivity contribution in [3.05, 3.63) is 18.3 Å². The Labute approximate surface area is 148 Å². The molecule has 8 heteroatoms. The minimum absolute atomic E-state index is 0.0359. The van der Waals surface area contributed by atoms with Crippen LogP contribution >= 0.6 is 0 Å². The molecular weight excluding hydrogens is 342 g/mol. The zero-order valence-corrected chi connectivity index (χ0v) is 15.3. The molecule has 2 aliphatic rings. The molecule has 0 spiro atoms. The second-order valence-corrected chi connectivity index (χ2v) is 8.88. The number of carbonyl (C=O) groups excluding carboxylic acids is 1. The number of amides is 1. The van der Waals surface area contributed by atoms with Crippen LogP contribution in [0.25, 0.3) is 0 Å². The van der Waals surface area contributed by atoms with Gasteiger partial charge in [0.15, 0.2) is 0 Å². The lowest BCUT2D eigenvalue weighted by molar-refractivity contribution is -0.122. The van der Waals surface area contributed by atoms with E-state index in [0.717, 1.165) is 19.3 Å². The molecule has 7 nitrogen and oxygen atoms in total. The molecule has 0 unspecified atom stereocenters. The standard InChI is InChI=1S/C17H25N3O4S/c1-2-25(22,23)20-10-8-15(9-11-20)24-16-7-6-14(12-18-16)19-17(21)13-4-3-5-13/h6-7,12-13,15H,2-5,8-11H2,1H3,(H,19,21). The first-order valence-corrected chi connectivity index (χ1v) is 10.5. The van der Waals surface area contributed by atoms with Crippen molar-refractivity contribution in [2.75, 3.05) is 24.2 Å². The fourth-order valence-corrected chi connectivity index (χ4v) is 4.15. The molecule has 0 atom stereocenters. The van der Waals surface area contributed by atoms with E-state index in [0.29, 0.717) is 37.5 Å². The molecule has 2 heterocycles. The highest BCUT2D eigenvalue weighted by atomic mass is 32.2. The molecule has 0 aromatic carbocycles. The van der Waals surface area contributed by atoms with Crippen LogP contribution in [0, 0.1) is 5.92 Å². The van der Waals surface area contributed by atoms with Gasteiger partial charge in [-0.2, -0.15) is 0 Å². The summed E-state index contributed by atoms with van der Waals surface area (Å²) in [5.74, 6) is 0.832. The van der Waals surface area contributed by atoms with Gasteiger partial charge in [0.05, 0.1) is 17.6 Å². The summed E-state index contributed by atoms with van der Waals surface area (Å²) in [6, 6.07) is 3.53. The second-order valence-electron chi connectivity index (χ2n) is 6.62. The van der Waals surface area contributed by atoms with E-state index in [1.54, 1.807) is 25.3 Å². The average Bonchev–Trinajstić information content (AvgIpc) is 2.55. The summed E-state index contributed by atoms with van der Waals surface area (Å²) < 4.78 is 31.1. The molecule has 1 saturated carbocycles. The Balaban J connectivity index is 1.48. The topological polar surface area (TPSA) is 88.6 Å². The van der Waals surface area contributed by atoms with Crippen LogP contribution in [-0.2, 0) is 14.8 Å². The molecule has 1 aliphatic carbocycles. The van der Waals surface area contributed by atoms with Crippen molar-refractivity contribution < 1.29 is 17.9 Å². The van der Waals surface area contributed by atoms with Gasteiger partial charge in [0.2, 0.25) is 21.8 Å².